The second-order valence-electron chi connectivity index (χ2n) is 4.57. The van der Waals surface area contributed by atoms with Crippen molar-refractivity contribution in [2.45, 2.75) is 13.3 Å². The molecule has 106 valence electrons. The van der Waals surface area contributed by atoms with E-state index in [1.54, 1.807) is 6.20 Å². The van der Waals surface area contributed by atoms with E-state index in [-0.39, 0.29) is 0 Å². The summed E-state index contributed by atoms with van der Waals surface area (Å²) in [5, 5.41) is 5.54. The minimum atomic E-state index is 0.636. The number of anilines is 3. The lowest BCUT2D eigenvalue weighted by molar-refractivity contribution is 1.04. The standard InChI is InChI=1S/C15H16N6/c1-2-11-14(18-9-19-15(11)21-16)20-13-5-3-4-10-8-17-7-6-12(10)13/h3-9H,2,16H2,1H3,(H2,18,19,20,21). The summed E-state index contributed by atoms with van der Waals surface area (Å²) >= 11 is 0. The normalized spacial score (nSPS) is 10.6. The minimum absolute atomic E-state index is 0.636. The van der Waals surface area contributed by atoms with E-state index < -0.39 is 0 Å². The highest BCUT2D eigenvalue weighted by Crippen LogP contribution is 2.28. The van der Waals surface area contributed by atoms with Gasteiger partial charge in [0.2, 0.25) is 0 Å². The minimum Gasteiger partial charge on any atom is -0.339 e. The van der Waals surface area contributed by atoms with Crippen molar-refractivity contribution < 1.29 is 0 Å². The molecule has 1 aromatic carbocycles. The molecule has 3 aromatic rings. The van der Waals surface area contributed by atoms with Gasteiger partial charge in [0.25, 0.3) is 0 Å². The van der Waals surface area contributed by atoms with Gasteiger partial charge in [-0.25, -0.2) is 15.8 Å². The van der Waals surface area contributed by atoms with E-state index >= 15 is 0 Å². The van der Waals surface area contributed by atoms with Crippen LogP contribution in [0.1, 0.15) is 12.5 Å². The number of nitrogen functional groups attached to an aromatic ring is 1. The van der Waals surface area contributed by atoms with E-state index in [1.165, 1.54) is 6.33 Å². The topological polar surface area (TPSA) is 88.8 Å². The number of hydrazine groups is 1. The van der Waals surface area contributed by atoms with Crippen LogP contribution in [0.5, 0.6) is 0 Å². The van der Waals surface area contributed by atoms with Crippen LogP contribution >= 0.6 is 0 Å². The predicted molar refractivity (Wildman–Crippen MR) is 84.2 cm³/mol. The molecule has 0 saturated heterocycles. The molecule has 3 rings (SSSR count). The molecule has 6 nitrogen and oxygen atoms in total. The van der Waals surface area contributed by atoms with Gasteiger partial charge >= 0.3 is 0 Å². The van der Waals surface area contributed by atoms with E-state index in [4.69, 9.17) is 5.84 Å². The molecule has 0 saturated carbocycles. The maximum Gasteiger partial charge on any atom is 0.148 e. The van der Waals surface area contributed by atoms with Gasteiger partial charge in [-0.15, -0.1) is 0 Å². The van der Waals surface area contributed by atoms with Gasteiger partial charge in [0.05, 0.1) is 0 Å². The zero-order chi connectivity index (χ0) is 14.7. The first-order valence-electron chi connectivity index (χ1n) is 6.73. The van der Waals surface area contributed by atoms with Gasteiger partial charge in [0.15, 0.2) is 0 Å². The Morgan fingerprint density at radius 1 is 1.14 bits per heavy atom. The van der Waals surface area contributed by atoms with Gasteiger partial charge in [-0.1, -0.05) is 19.1 Å². The third kappa shape index (κ3) is 2.48. The number of fused-ring (bicyclic) bond motifs is 1. The average molecular weight is 280 g/mol. The Morgan fingerprint density at radius 3 is 2.81 bits per heavy atom. The molecule has 0 fully saturated rings. The largest absolute Gasteiger partial charge is 0.339 e. The predicted octanol–water partition coefficient (Wildman–Crippen LogP) is 2.62. The van der Waals surface area contributed by atoms with Crippen LogP contribution in [0.3, 0.4) is 0 Å². The van der Waals surface area contributed by atoms with Crippen molar-refractivity contribution in [1.82, 2.24) is 15.0 Å². The van der Waals surface area contributed by atoms with Gasteiger partial charge in [-0.05, 0) is 18.6 Å². The maximum atomic E-state index is 5.50. The van der Waals surface area contributed by atoms with Crippen molar-refractivity contribution in [3.05, 3.63) is 48.5 Å². The van der Waals surface area contributed by atoms with Gasteiger partial charge < -0.3 is 10.7 Å². The van der Waals surface area contributed by atoms with Crippen LogP contribution in [0.15, 0.2) is 43.0 Å². The average Bonchev–Trinajstić information content (AvgIpc) is 2.55. The lowest BCUT2D eigenvalue weighted by atomic mass is 10.1. The van der Waals surface area contributed by atoms with Crippen LogP contribution in [-0.2, 0) is 6.42 Å². The summed E-state index contributed by atoms with van der Waals surface area (Å²) in [5.41, 5.74) is 4.54. The highest BCUT2D eigenvalue weighted by atomic mass is 15.3. The number of nitrogens with one attached hydrogen (secondary N) is 2. The Bertz CT molecular complexity index is 766. The Labute approximate surface area is 122 Å². The molecule has 0 aliphatic carbocycles. The smallest absolute Gasteiger partial charge is 0.148 e. The Morgan fingerprint density at radius 2 is 2.00 bits per heavy atom. The van der Waals surface area contributed by atoms with Gasteiger partial charge in [-0.3, -0.25) is 4.98 Å². The SMILES string of the molecule is CCc1c(NN)ncnc1Nc1cccc2cnccc12. The van der Waals surface area contributed by atoms with E-state index in [2.05, 4.69) is 25.7 Å². The molecular weight excluding hydrogens is 264 g/mol. The van der Waals surface area contributed by atoms with Crippen molar-refractivity contribution in [3.8, 4) is 0 Å². The summed E-state index contributed by atoms with van der Waals surface area (Å²) < 4.78 is 0. The molecule has 0 unspecified atom stereocenters. The van der Waals surface area contributed by atoms with Crippen LogP contribution in [0.25, 0.3) is 10.8 Å². The Kier molecular flexibility index (Phi) is 3.61. The molecule has 0 radical (unpaired) electrons. The first kappa shape index (κ1) is 13.3. The fourth-order valence-corrected chi connectivity index (χ4v) is 2.34. The summed E-state index contributed by atoms with van der Waals surface area (Å²) in [4.78, 5) is 12.6. The van der Waals surface area contributed by atoms with E-state index in [0.29, 0.717) is 5.82 Å². The number of rotatable bonds is 4. The molecule has 0 atom stereocenters. The monoisotopic (exact) mass is 280 g/mol. The van der Waals surface area contributed by atoms with E-state index in [9.17, 15) is 0 Å². The summed E-state index contributed by atoms with van der Waals surface area (Å²) in [6.07, 6.45) is 5.88. The number of hydrogen-bond donors (Lipinski definition) is 3. The molecule has 4 N–H and O–H groups in total. The zero-order valence-corrected chi connectivity index (χ0v) is 11.7. The van der Waals surface area contributed by atoms with Crippen LogP contribution in [0, 0.1) is 0 Å². The molecule has 2 heterocycles. The van der Waals surface area contributed by atoms with E-state index in [0.717, 1.165) is 34.3 Å². The first-order valence-corrected chi connectivity index (χ1v) is 6.73. The molecule has 0 aliphatic rings. The number of nitrogens with two attached hydrogens (primary N) is 1. The molecule has 21 heavy (non-hydrogen) atoms. The molecule has 0 amide bonds. The number of pyridine rings is 1. The summed E-state index contributed by atoms with van der Waals surface area (Å²) in [6, 6.07) is 8.01. The molecule has 2 aromatic heterocycles. The second kappa shape index (κ2) is 5.72. The zero-order valence-electron chi connectivity index (χ0n) is 11.7. The summed E-state index contributed by atoms with van der Waals surface area (Å²) in [5.74, 6) is 6.89. The summed E-state index contributed by atoms with van der Waals surface area (Å²) in [6.45, 7) is 2.04. The fourth-order valence-electron chi connectivity index (χ4n) is 2.34. The van der Waals surface area contributed by atoms with E-state index in [1.807, 2.05) is 37.4 Å². The second-order valence-corrected chi connectivity index (χ2v) is 4.57. The number of nitrogens with zero attached hydrogens (tertiary/aromatic N) is 3. The van der Waals surface area contributed by atoms with Crippen molar-refractivity contribution in [3.63, 3.8) is 0 Å². The van der Waals surface area contributed by atoms with Crippen molar-refractivity contribution >= 4 is 28.1 Å². The van der Waals surface area contributed by atoms with Crippen molar-refractivity contribution in [1.29, 1.82) is 0 Å². The third-order valence-corrected chi connectivity index (χ3v) is 3.37. The van der Waals surface area contributed by atoms with Gasteiger partial charge in [0, 0.05) is 34.4 Å². The highest BCUT2D eigenvalue weighted by molar-refractivity contribution is 5.94. The maximum absolute atomic E-state index is 5.50. The van der Waals surface area contributed by atoms with Crippen LogP contribution in [-0.4, -0.2) is 15.0 Å². The molecule has 0 bridgehead atoms. The molecule has 0 spiro atoms. The van der Waals surface area contributed by atoms with Crippen molar-refractivity contribution in [2.75, 3.05) is 10.7 Å². The summed E-state index contributed by atoms with van der Waals surface area (Å²) in [7, 11) is 0. The number of hydrogen-bond acceptors (Lipinski definition) is 6. The lowest BCUT2D eigenvalue weighted by Crippen LogP contribution is -2.13. The number of aromatic nitrogens is 3. The third-order valence-electron chi connectivity index (χ3n) is 3.37. The van der Waals surface area contributed by atoms with Gasteiger partial charge in [0.1, 0.15) is 18.0 Å². The van der Waals surface area contributed by atoms with Crippen LogP contribution < -0.4 is 16.6 Å². The number of benzene rings is 1. The molecular formula is C15H16N6. The Balaban J connectivity index is 2.07. The molecule has 0 aliphatic heterocycles. The van der Waals surface area contributed by atoms with Gasteiger partial charge in [-0.2, -0.15) is 0 Å². The Hall–Kier alpha value is -2.73. The first-order chi connectivity index (χ1) is 10.3. The quantitative estimate of drug-likeness (QED) is 0.503. The van der Waals surface area contributed by atoms with Crippen molar-refractivity contribution in [2.24, 2.45) is 5.84 Å². The highest BCUT2D eigenvalue weighted by Gasteiger charge is 2.10. The van der Waals surface area contributed by atoms with Crippen LogP contribution in [0.2, 0.25) is 0 Å². The van der Waals surface area contributed by atoms with Crippen LogP contribution in [0.4, 0.5) is 17.3 Å². The molecule has 6 heteroatoms. The fraction of sp³-hybridized carbons (Fsp3) is 0.133. The lowest BCUT2D eigenvalue weighted by Gasteiger charge is -2.14.